The number of nitrogens with zero attached hydrogens (tertiary/aromatic N) is 1. The summed E-state index contributed by atoms with van der Waals surface area (Å²) < 4.78 is 6.07. The third-order valence-electron chi connectivity index (χ3n) is 3.34. The van der Waals surface area contributed by atoms with Gasteiger partial charge in [0.2, 0.25) is 0 Å². The van der Waals surface area contributed by atoms with Crippen molar-refractivity contribution in [3.63, 3.8) is 0 Å². The lowest BCUT2D eigenvalue weighted by atomic mass is 9.97. The van der Waals surface area contributed by atoms with Crippen molar-refractivity contribution in [3.05, 3.63) is 54.1 Å². The lowest BCUT2D eigenvalue weighted by molar-refractivity contribution is 0.219. The van der Waals surface area contributed by atoms with Gasteiger partial charge in [-0.2, -0.15) is 0 Å². The van der Waals surface area contributed by atoms with Crippen LogP contribution in [0.5, 0.6) is 0 Å². The van der Waals surface area contributed by atoms with Crippen LogP contribution in [0.25, 0.3) is 6.08 Å². The van der Waals surface area contributed by atoms with Crippen molar-refractivity contribution in [2.45, 2.75) is 39.8 Å². The molecule has 0 saturated carbocycles. The number of hydrogen-bond donors (Lipinski definition) is 0. The maximum atomic E-state index is 6.07. The monoisotopic (exact) mass is 269 g/mol. The van der Waals surface area contributed by atoms with Crippen LogP contribution in [0.15, 0.2) is 53.6 Å². The molecule has 2 nitrogen and oxygen atoms in total. The molecule has 0 saturated heterocycles. The van der Waals surface area contributed by atoms with Crippen LogP contribution < -0.4 is 0 Å². The highest BCUT2D eigenvalue weighted by molar-refractivity contribution is 5.84. The third-order valence-corrected chi connectivity index (χ3v) is 3.34. The maximum Gasteiger partial charge on any atom is 0.190 e. The Hall–Kier alpha value is -1.83. The van der Waals surface area contributed by atoms with E-state index in [9.17, 15) is 0 Å². The van der Waals surface area contributed by atoms with Crippen molar-refractivity contribution >= 4 is 12.0 Å². The average Bonchev–Trinajstić information content (AvgIpc) is 2.84. The summed E-state index contributed by atoms with van der Waals surface area (Å²) in [6.07, 6.45) is 3.98. The molecule has 0 fully saturated rings. The summed E-state index contributed by atoms with van der Waals surface area (Å²) in [5.74, 6) is 0.813. The minimum Gasteiger partial charge on any atom is -0.470 e. The smallest absolute Gasteiger partial charge is 0.190 e. The highest BCUT2D eigenvalue weighted by atomic mass is 16.5. The fourth-order valence-electron chi connectivity index (χ4n) is 2.23. The van der Waals surface area contributed by atoms with E-state index in [2.05, 4.69) is 57.5 Å². The van der Waals surface area contributed by atoms with Crippen molar-refractivity contribution in [2.75, 3.05) is 0 Å². The number of hydrogen-bond acceptors (Lipinski definition) is 2. The van der Waals surface area contributed by atoms with Crippen molar-refractivity contribution in [2.24, 2.45) is 10.4 Å². The zero-order valence-corrected chi connectivity index (χ0v) is 12.8. The van der Waals surface area contributed by atoms with Gasteiger partial charge in [0.1, 0.15) is 12.1 Å². The Balaban J connectivity index is 2.22. The molecule has 0 unspecified atom stereocenters. The van der Waals surface area contributed by atoms with Gasteiger partial charge in [-0.3, -0.25) is 0 Å². The zero-order chi connectivity index (χ0) is 14.8. The van der Waals surface area contributed by atoms with Gasteiger partial charge in [0.15, 0.2) is 5.90 Å². The minimum absolute atomic E-state index is 0.00388. The SMILES string of the molecule is C=C[C@H]1N=C(C(C)(C)C)O[C@@H]1/C(C)=C/c1ccccc1. The predicted octanol–water partition coefficient (Wildman–Crippen LogP) is 4.49. The Bertz CT molecular complexity index is 534. The molecular formula is C18H23NO. The molecule has 0 N–H and O–H groups in total. The first-order valence-corrected chi connectivity index (χ1v) is 7.02. The molecule has 1 heterocycles. The molecule has 0 aliphatic carbocycles. The fraction of sp³-hybridized carbons (Fsp3) is 0.389. The molecule has 0 spiro atoms. The molecule has 20 heavy (non-hydrogen) atoms. The lowest BCUT2D eigenvalue weighted by Crippen LogP contribution is -2.26. The van der Waals surface area contributed by atoms with E-state index < -0.39 is 0 Å². The number of rotatable bonds is 3. The second-order valence-electron chi connectivity index (χ2n) is 6.25. The molecule has 1 aromatic carbocycles. The third kappa shape index (κ3) is 3.19. The molecular weight excluding hydrogens is 246 g/mol. The summed E-state index contributed by atoms with van der Waals surface area (Å²) in [5, 5.41) is 0. The van der Waals surface area contributed by atoms with Crippen molar-refractivity contribution in [3.8, 4) is 0 Å². The Morgan fingerprint density at radius 1 is 1.25 bits per heavy atom. The van der Waals surface area contributed by atoms with Gasteiger partial charge in [0.25, 0.3) is 0 Å². The summed E-state index contributed by atoms with van der Waals surface area (Å²) in [5.41, 5.74) is 2.29. The molecule has 106 valence electrons. The van der Waals surface area contributed by atoms with Gasteiger partial charge < -0.3 is 4.74 Å². The van der Waals surface area contributed by atoms with Crippen LogP contribution in [0, 0.1) is 5.41 Å². The second kappa shape index (κ2) is 5.66. The van der Waals surface area contributed by atoms with E-state index >= 15 is 0 Å². The van der Waals surface area contributed by atoms with E-state index in [-0.39, 0.29) is 17.6 Å². The van der Waals surface area contributed by atoms with Crippen LogP contribution in [0.1, 0.15) is 33.3 Å². The van der Waals surface area contributed by atoms with E-state index in [1.807, 2.05) is 24.3 Å². The minimum atomic E-state index is -0.0664. The van der Waals surface area contributed by atoms with Crippen LogP contribution in [0.3, 0.4) is 0 Å². The molecule has 0 amide bonds. The fourth-order valence-corrected chi connectivity index (χ4v) is 2.23. The summed E-state index contributed by atoms with van der Waals surface area (Å²) >= 11 is 0. The Labute approximate surface area is 121 Å². The highest BCUT2D eigenvalue weighted by Crippen LogP contribution is 2.30. The van der Waals surface area contributed by atoms with E-state index in [1.165, 1.54) is 11.1 Å². The van der Waals surface area contributed by atoms with Gasteiger partial charge in [-0.05, 0) is 18.1 Å². The predicted molar refractivity (Wildman–Crippen MR) is 85.8 cm³/mol. The normalized spacial score (nSPS) is 23.2. The Morgan fingerprint density at radius 3 is 2.45 bits per heavy atom. The van der Waals surface area contributed by atoms with Gasteiger partial charge >= 0.3 is 0 Å². The van der Waals surface area contributed by atoms with E-state index in [0.29, 0.717) is 0 Å². The Morgan fingerprint density at radius 2 is 1.90 bits per heavy atom. The quantitative estimate of drug-likeness (QED) is 0.741. The molecule has 1 aliphatic rings. The molecule has 0 radical (unpaired) electrons. The number of benzene rings is 1. The van der Waals surface area contributed by atoms with Crippen LogP contribution in [-0.4, -0.2) is 18.0 Å². The second-order valence-corrected chi connectivity index (χ2v) is 6.25. The largest absolute Gasteiger partial charge is 0.470 e. The molecule has 2 atom stereocenters. The first kappa shape index (κ1) is 14.6. The zero-order valence-electron chi connectivity index (χ0n) is 12.8. The van der Waals surface area contributed by atoms with Crippen molar-refractivity contribution in [1.29, 1.82) is 0 Å². The van der Waals surface area contributed by atoms with Gasteiger partial charge in [-0.15, -0.1) is 6.58 Å². The maximum absolute atomic E-state index is 6.07. The molecule has 0 bridgehead atoms. The first-order valence-electron chi connectivity index (χ1n) is 7.02. The lowest BCUT2D eigenvalue weighted by Gasteiger charge is -2.21. The van der Waals surface area contributed by atoms with E-state index in [4.69, 9.17) is 4.74 Å². The molecule has 2 rings (SSSR count). The van der Waals surface area contributed by atoms with Crippen LogP contribution in [0.2, 0.25) is 0 Å². The average molecular weight is 269 g/mol. The summed E-state index contributed by atoms with van der Waals surface area (Å²) in [6, 6.07) is 10.3. The van der Waals surface area contributed by atoms with Gasteiger partial charge in [0.05, 0.1) is 0 Å². The summed E-state index contributed by atoms with van der Waals surface area (Å²) in [4.78, 5) is 4.66. The van der Waals surface area contributed by atoms with E-state index in [0.717, 1.165) is 5.90 Å². The molecule has 2 heteroatoms. The van der Waals surface area contributed by atoms with Crippen LogP contribution in [-0.2, 0) is 4.74 Å². The summed E-state index contributed by atoms with van der Waals surface area (Å²) in [6.45, 7) is 12.3. The molecule has 1 aromatic rings. The van der Waals surface area contributed by atoms with Gasteiger partial charge in [-0.25, -0.2) is 4.99 Å². The topological polar surface area (TPSA) is 21.6 Å². The van der Waals surface area contributed by atoms with Crippen LogP contribution in [0.4, 0.5) is 0 Å². The number of aliphatic imine (C=N–C) groups is 1. The summed E-state index contributed by atoms with van der Waals surface area (Å²) in [7, 11) is 0. The Kier molecular flexibility index (Phi) is 4.12. The van der Waals surface area contributed by atoms with E-state index in [1.54, 1.807) is 0 Å². The van der Waals surface area contributed by atoms with Gasteiger partial charge in [0, 0.05) is 5.41 Å². The highest BCUT2D eigenvalue weighted by Gasteiger charge is 2.35. The van der Waals surface area contributed by atoms with Crippen molar-refractivity contribution < 1.29 is 4.74 Å². The molecule has 0 aromatic heterocycles. The molecule has 1 aliphatic heterocycles. The van der Waals surface area contributed by atoms with Crippen molar-refractivity contribution in [1.82, 2.24) is 0 Å². The standard InChI is InChI=1S/C18H23NO/c1-6-15-16(20-17(19-15)18(3,4)5)13(2)12-14-10-8-7-9-11-14/h6-12,15-16H,1H2,2-5H3/b13-12+/t15-,16-/m1/s1. The number of ether oxygens (including phenoxy) is 1. The van der Waals surface area contributed by atoms with Crippen LogP contribution >= 0.6 is 0 Å². The van der Waals surface area contributed by atoms with Gasteiger partial charge in [-0.1, -0.05) is 63.3 Å². The first-order chi connectivity index (χ1) is 9.41.